The third-order valence-electron chi connectivity index (χ3n) is 4.00. The van der Waals surface area contributed by atoms with Gasteiger partial charge in [-0.15, -0.1) is 0 Å². The largest absolute Gasteiger partial charge is 0.331 e. The van der Waals surface area contributed by atoms with Crippen LogP contribution < -0.4 is 10.7 Å². The highest BCUT2D eigenvalue weighted by Crippen LogP contribution is 2.20. The molecule has 0 aliphatic carbocycles. The second-order valence-electron chi connectivity index (χ2n) is 5.77. The fourth-order valence-corrected chi connectivity index (χ4v) is 2.42. The second-order valence-corrected chi connectivity index (χ2v) is 6.18. The Morgan fingerprint density at radius 2 is 1.88 bits per heavy atom. The Kier molecular flexibility index (Phi) is 5.82. The Balaban J connectivity index is 2.10. The maximum Gasteiger partial charge on any atom is 0.272 e. The minimum absolute atomic E-state index is 0.0723. The average molecular weight is 356 g/mol. The number of hydrazone groups is 1. The topological polar surface area (TPSA) is 79.6 Å². The van der Waals surface area contributed by atoms with Gasteiger partial charge in [-0.25, -0.2) is 0 Å². The van der Waals surface area contributed by atoms with Crippen molar-refractivity contribution in [2.75, 3.05) is 5.32 Å². The molecule has 0 heterocycles. The number of hydrogen-bond acceptors (Lipinski definition) is 4. The van der Waals surface area contributed by atoms with Gasteiger partial charge in [-0.05, 0) is 57.1 Å². The van der Waals surface area contributed by atoms with E-state index in [1.807, 2.05) is 32.0 Å². The zero-order chi connectivity index (χ0) is 18.6. The third kappa shape index (κ3) is 4.60. The molecule has 0 unspecified atom stereocenters. The van der Waals surface area contributed by atoms with Crippen LogP contribution in [0.3, 0.4) is 0 Å². The van der Waals surface area contributed by atoms with E-state index < -0.39 is 4.92 Å². The summed E-state index contributed by atoms with van der Waals surface area (Å²) >= 11 is 5.26. The quantitative estimate of drug-likeness (QED) is 0.371. The molecule has 0 radical (unpaired) electrons. The molecule has 2 rings (SSSR count). The monoisotopic (exact) mass is 356 g/mol. The maximum atomic E-state index is 11.0. The summed E-state index contributed by atoms with van der Waals surface area (Å²) in [6.45, 7) is 7.52. The summed E-state index contributed by atoms with van der Waals surface area (Å²) in [6.07, 6.45) is 0. The molecule has 0 bridgehead atoms. The lowest BCUT2D eigenvalue weighted by Crippen LogP contribution is -2.25. The Labute approximate surface area is 152 Å². The van der Waals surface area contributed by atoms with Gasteiger partial charge in [-0.2, -0.15) is 5.10 Å². The fourth-order valence-electron chi connectivity index (χ4n) is 2.27. The molecule has 7 heteroatoms. The van der Waals surface area contributed by atoms with E-state index in [-0.39, 0.29) is 5.69 Å². The molecule has 0 saturated carbocycles. The Morgan fingerprint density at radius 1 is 1.16 bits per heavy atom. The molecule has 0 fully saturated rings. The lowest BCUT2D eigenvalue weighted by Gasteiger charge is -2.12. The van der Waals surface area contributed by atoms with Gasteiger partial charge in [0.15, 0.2) is 5.11 Å². The average Bonchev–Trinajstić information content (AvgIpc) is 2.57. The van der Waals surface area contributed by atoms with Crippen LogP contribution in [0.25, 0.3) is 0 Å². The molecule has 6 nitrogen and oxygen atoms in total. The summed E-state index contributed by atoms with van der Waals surface area (Å²) in [6, 6.07) is 10.9. The minimum Gasteiger partial charge on any atom is -0.331 e. The number of nitro benzene ring substituents is 1. The highest BCUT2D eigenvalue weighted by atomic mass is 32.1. The van der Waals surface area contributed by atoms with E-state index in [0.717, 1.165) is 11.3 Å². The van der Waals surface area contributed by atoms with Crippen LogP contribution in [0.5, 0.6) is 0 Å². The Hall–Kier alpha value is -2.80. The van der Waals surface area contributed by atoms with Gasteiger partial charge in [0.2, 0.25) is 0 Å². The van der Waals surface area contributed by atoms with Crippen molar-refractivity contribution in [3.05, 3.63) is 68.8 Å². The van der Waals surface area contributed by atoms with Gasteiger partial charge in [0.1, 0.15) is 0 Å². The van der Waals surface area contributed by atoms with E-state index in [1.165, 1.54) is 11.6 Å². The van der Waals surface area contributed by atoms with Gasteiger partial charge in [0, 0.05) is 22.9 Å². The molecule has 25 heavy (non-hydrogen) atoms. The molecule has 0 amide bonds. The molecular formula is C18H20N4O2S. The van der Waals surface area contributed by atoms with E-state index in [4.69, 9.17) is 12.2 Å². The summed E-state index contributed by atoms with van der Waals surface area (Å²) in [5.74, 6) is 0. The summed E-state index contributed by atoms with van der Waals surface area (Å²) < 4.78 is 0. The highest BCUT2D eigenvalue weighted by molar-refractivity contribution is 7.80. The van der Waals surface area contributed by atoms with Crippen molar-refractivity contribution in [3.8, 4) is 0 Å². The molecule has 0 aliphatic rings. The van der Waals surface area contributed by atoms with Crippen LogP contribution in [0.15, 0.2) is 41.5 Å². The fraction of sp³-hybridized carbons (Fsp3) is 0.222. The predicted molar refractivity (Wildman–Crippen MR) is 105 cm³/mol. The van der Waals surface area contributed by atoms with Crippen molar-refractivity contribution >= 4 is 34.4 Å². The molecule has 2 aromatic carbocycles. The first-order chi connectivity index (χ1) is 11.8. The number of rotatable bonds is 4. The molecule has 2 aromatic rings. The van der Waals surface area contributed by atoms with E-state index in [1.54, 1.807) is 26.0 Å². The molecule has 2 N–H and O–H groups in total. The zero-order valence-corrected chi connectivity index (χ0v) is 15.4. The van der Waals surface area contributed by atoms with E-state index in [0.29, 0.717) is 22.0 Å². The summed E-state index contributed by atoms with van der Waals surface area (Å²) in [5, 5.41) is 18.7. The number of nitro groups is 1. The minimum atomic E-state index is -0.397. The smallest absolute Gasteiger partial charge is 0.272 e. The van der Waals surface area contributed by atoms with Gasteiger partial charge < -0.3 is 5.32 Å². The molecule has 0 aromatic heterocycles. The van der Waals surface area contributed by atoms with Crippen molar-refractivity contribution in [2.45, 2.75) is 27.7 Å². The molecular weight excluding hydrogens is 336 g/mol. The van der Waals surface area contributed by atoms with E-state index in [2.05, 4.69) is 15.8 Å². The molecule has 0 aliphatic heterocycles. The Bertz CT molecular complexity index is 862. The van der Waals surface area contributed by atoms with Crippen molar-refractivity contribution in [1.29, 1.82) is 0 Å². The van der Waals surface area contributed by atoms with Crippen molar-refractivity contribution < 1.29 is 4.92 Å². The van der Waals surface area contributed by atoms with Gasteiger partial charge in [-0.1, -0.05) is 24.3 Å². The van der Waals surface area contributed by atoms with Crippen LogP contribution in [0.1, 0.15) is 29.2 Å². The summed E-state index contributed by atoms with van der Waals surface area (Å²) in [5.41, 5.74) is 7.93. The number of nitrogens with zero attached hydrogens (tertiary/aromatic N) is 2. The number of aryl methyl sites for hydroxylation is 2. The van der Waals surface area contributed by atoms with Crippen molar-refractivity contribution in [2.24, 2.45) is 5.10 Å². The number of benzene rings is 2. The van der Waals surface area contributed by atoms with E-state index >= 15 is 0 Å². The number of nitrogens with one attached hydrogen (secondary N) is 2. The van der Waals surface area contributed by atoms with Gasteiger partial charge in [-0.3, -0.25) is 15.5 Å². The number of anilines is 1. The van der Waals surface area contributed by atoms with Gasteiger partial charge in [0.25, 0.3) is 5.69 Å². The summed E-state index contributed by atoms with van der Waals surface area (Å²) in [7, 11) is 0. The zero-order valence-electron chi connectivity index (χ0n) is 14.6. The van der Waals surface area contributed by atoms with Crippen LogP contribution in [0, 0.1) is 30.9 Å². The number of thiocarbonyl (C=S) groups is 1. The highest BCUT2D eigenvalue weighted by Gasteiger charge is 2.12. The first kappa shape index (κ1) is 18.5. The van der Waals surface area contributed by atoms with Gasteiger partial charge in [0.05, 0.1) is 10.6 Å². The van der Waals surface area contributed by atoms with Crippen LogP contribution in [0.4, 0.5) is 11.4 Å². The normalized spacial score (nSPS) is 11.1. The van der Waals surface area contributed by atoms with Gasteiger partial charge >= 0.3 is 0 Å². The van der Waals surface area contributed by atoms with Crippen LogP contribution in [0.2, 0.25) is 0 Å². The lowest BCUT2D eigenvalue weighted by molar-refractivity contribution is -0.385. The SMILES string of the molecule is CC(=NNC(=S)Nc1cccc(C)c1C)c1ccc(C)c([N+](=O)[O-])c1. The standard InChI is InChI=1S/C18H20N4O2S/c1-11-6-5-7-16(13(11)3)19-18(25)21-20-14(4)15-9-8-12(2)17(10-15)22(23)24/h5-10H,1-4H3,(H2,19,21,25). The first-order valence-electron chi connectivity index (χ1n) is 7.72. The van der Waals surface area contributed by atoms with Crippen molar-refractivity contribution in [3.63, 3.8) is 0 Å². The maximum absolute atomic E-state index is 11.0. The molecule has 130 valence electrons. The predicted octanol–water partition coefficient (Wildman–Crippen LogP) is 4.23. The first-order valence-corrected chi connectivity index (χ1v) is 8.13. The second kappa shape index (κ2) is 7.85. The van der Waals surface area contributed by atoms with Crippen LogP contribution in [-0.2, 0) is 0 Å². The lowest BCUT2D eigenvalue weighted by atomic mass is 10.1. The van der Waals surface area contributed by atoms with E-state index in [9.17, 15) is 10.1 Å². The third-order valence-corrected chi connectivity index (χ3v) is 4.19. The molecule has 0 atom stereocenters. The number of hydrogen-bond donors (Lipinski definition) is 2. The van der Waals surface area contributed by atoms with Crippen LogP contribution in [-0.4, -0.2) is 15.7 Å². The van der Waals surface area contributed by atoms with Crippen molar-refractivity contribution in [1.82, 2.24) is 5.43 Å². The van der Waals surface area contributed by atoms with Crippen LogP contribution >= 0.6 is 12.2 Å². The molecule has 0 saturated heterocycles. The molecule has 0 spiro atoms. The summed E-state index contributed by atoms with van der Waals surface area (Å²) in [4.78, 5) is 10.6. The Morgan fingerprint density at radius 3 is 2.56 bits per heavy atom.